The Bertz CT molecular complexity index is 483. The van der Waals surface area contributed by atoms with E-state index >= 15 is 0 Å². The Hall–Kier alpha value is -1.40. The Morgan fingerprint density at radius 1 is 1.36 bits per heavy atom. The molecule has 124 valence electrons. The molecule has 0 spiro atoms. The van der Waals surface area contributed by atoms with Crippen LogP contribution in [0.5, 0.6) is 5.75 Å². The number of ether oxygens (including phenoxy) is 1. The van der Waals surface area contributed by atoms with Crippen LogP contribution in [0.3, 0.4) is 0 Å². The standard InChI is InChI=1S/C15H20F2N2O2.ClH/c1-10(18)12-3-2-8-19(9-12)14(20)11-4-6-13(7-5-11)21-15(16)17;/h4-7,10,12,15H,2-3,8-9,18H2,1H3;1H. The zero-order chi connectivity index (χ0) is 15.4. The van der Waals surface area contributed by atoms with E-state index < -0.39 is 6.61 Å². The Morgan fingerprint density at radius 3 is 2.55 bits per heavy atom. The first kappa shape index (κ1) is 18.6. The van der Waals surface area contributed by atoms with E-state index in [4.69, 9.17) is 5.73 Å². The van der Waals surface area contributed by atoms with Crippen LogP contribution < -0.4 is 10.5 Å². The fourth-order valence-electron chi connectivity index (χ4n) is 2.59. The predicted molar refractivity (Wildman–Crippen MR) is 82.6 cm³/mol. The monoisotopic (exact) mass is 334 g/mol. The SMILES string of the molecule is CC(N)C1CCCN(C(=O)c2ccc(OC(F)F)cc2)C1.Cl. The average Bonchev–Trinajstić information content (AvgIpc) is 2.47. The van der Waals surface area contributed by atoms with E-state index in [1.165, 1.54) is 24.3 Å². The molecule has 0 radical (unpaired) electrons. The quantitative estimate of drug-likeness (QED) is 0.921. The summed E-state index contributed by atoms with van der Waals surface area (Å²) in [5, 5.41) is 0. The molecule has 0 bridgehead atoms. The Balaban J connectivity index is 0.00000242. The lowest BCUT2D eigenvalue weighted by atomic mass is 9.92. The number of halogens is 3. The predicted octanol–water partition coefficient (Wildman–Crippen LogP) is 2.91. The van der Waals surface area contributed by atoms with Crippen LogP contribution in [-0.2, 0) is 0 Å². The van der Waals surface area contributed by atoms with Crippen molar-refractivity contribution in [2.24, 2.45) is 11.7 Å². The molecule has 2 unspecified atom stereocenters. The minimum absolute atomic E-state index is 0. The van der Waals surface area contributed by atoms with Gasteiger partial charge in [0.05, 0.1) is 0 Å². The fraction of sp³-hybridized carbons (Fsp3) is 0.533. The van der Waals surface area contributed by atoms with Gasteiger partial charge in [-0.05, 0) is 49.9 Å². The van der Waals surface area contributed by atoms with Crippen molar-refractivity contribution in [3.8, 4) is 5.75 Å². The van der Waals surface area contributed by atoms with Gasteiger partial charge in [0.25, 0.3) is 5.91 Å². The minimum Gasteiger partial charge on any atom is -0.435 e. The molecule has 2 atom stereocenters. The van der Waals surface area contributed by atoms with Crippen LogP contribution in [0.2, 0.25) is 0 Å². The van der Waals surface area contributed by atoms with E-state index in [0.717, 1.165) is 12.8 Å². The number of piperidine rings is 1. The first-order valence-electron chi connectivity index (χ1n) is 7.07. The van der Waals surface area contributed by atoms with Crippen molar-refractivity contribution in [3.63, 3.8) is 0 Å². The summed E-state index contributed by atoms with van der Waals surface area (Å²) < 4.78 is 28.4. The molecule has 1 heterocycles. The number of nitrogens with zero attached hydrogens (tertiary/aromatic N) is 1. The van der Waals surface area contributed by atoms with Crippen LogP contribution >= 0.6 is 12.4 Å². The van der Waals surface area contributed by atoms with Gasteiger partial charge in [-0.15, -0.1) is 12.4 Å². The molecule has 4 nitrogen and oxygen atoms in total. The van der Waals surface area contributed by atoms with E-state index in [2.05, 4.69) is 4.74 Å². The van der Waals surface area contributed by atoms with E-state index in [1.807, 2.05) is 6.92 Å². The van der Waals surface area contributed by atoms with Crippen LogP contribution in [-0.4, -0.2) is 36.5 Å². The molecule has 1 fully saturated rings. The second-order valence-electron chi connectivity index (χ2n) is 5.42. The van der Waals surface area contributed by atoms with E-state index in [0.29, 0.717) is 24.6 Å². The number of rotatable bonds is 4. The summed E-state index contributed by atoms with van der Waals surface area (Å²) in [6.45, 7) is 0.443. The van der Waals surface area contributed by atoms with Gasteiger partial charge in [-0.1, -0.05) is 0 Å². The molecular formula is C15H21ClF2N2O2. The van der Waals surface area contributed by atoms with E-state index in [1.54, 1.807) is 4.90 Å². The topological polar surface area (TPSA) is 55.6 Å². The molecular weight excluding hydrogens is 314 g/mol. The minimum atomic E-state index is -2.86. The highest BCUT2D eigenvalue weighted by atomic mass is 35.5. The molecule has 2 N–H and O–H groups in total. The highest BCUT2D eigenvalue weighted by Gasteiger charge is 2.26. The number of hydrogen-bond donors (Lipinski definition) is 1. The maximum atomic E-state index is 12.4. The summed E-state index contributed by atoms with van der Waals surface area (Å²) in [7, 11) is 0. The first-order chi connectivity index (χ1) is 9.97. The highest BCUT2D eigenvalue weighted by molar-refractivity contribution is 5.94. The van der Waals surface area contributed by atoms with Gasteiger partial charge in [0, 0.05) is 24.7 Å². The van der Waals surface area contributed by atoms with Crippen LogP contribution in [0.15, 0.2) is 24.3 Å². The summed E-state index contributed by atoms with van der Waals surface area (Å²) in [4.78, 5) is 14.2. The summed E-state index contributed by atoms with van der Waals surface area (Å²) in [6, 6.07) is 5.84. The normalized spacial score (nSPS) is 19.5. The highest BCUT2D eigenvalue weighted by Crippen LogP contribution is 2.22. The number of likely N-dealkylation sites (tertiary alicyclic amines) is 1. The largest absolute Gasteiger partial charge is 0.435 e. The van der Waals surface area contributed by atoms with Crippen molar-refractivity contribution in [3.05, 3.63) is 29.8 Å². The van der Waals surface area contributed by atoms with Crippen molar-refractivity contribution in [2.45, 2.75) is 32.4 Å². The van der Waals surface area contributed by atoms with Gasteiger partial charge in [-0.3, -0.25) is 4.79 Å². The molecule has 1 amide bonds. The first-order valence-corrected chi connectivity index (χ1v) is 7.07. The van der Waals surface area contributed by atoms with Gasteiger partial charge >= 0.3 is 6.61 Å². The lowest BCUT2D eigenvalue weighted by molar-refractivity contribution is -0.0498. The molecule has 0 aliphatic carbocycles. The number of alkyl halides is 2. The summed E-state index contributed by atoms with van der Waals surface area (Å²) in [6.07, 6.45) is 1.97. The molecule has 1 aromatic rings. The second-order valence-corrected chi connectivity index (χ2v) is 5.42. The zero-order valence-electron chi connectivity index (χ0n) is 12.4. The fourth-order valence-corrected chi connectivity index (χ4v) is 2.59. The maximum Gasteiger partial charge on any atom is 0.387 e. The van der Waals surface area contributed by atoms with Crippen molar-refractivity contribution >= 4 is 18.3 Å². The number of benzene rings is 1. The van der Waals surface area contributed by atoms with Gasteiger partial charge in [0.2, 0.25) is 0 Å². The molecule has 7 heteroatoms. The van der Waals surface area contributed by atoms with Crippen molar-refractivity contribution in [1.82, 2.24) is 4.90 Å². The third-order valence-electron chi connectivity index (χ3n) is 3.82. The Kier molecular flexibility index (Phi) is 7.03. The molecule has 1 saturated heterocycles. The third kappa shape index (κ3) is 4.81. The molecule has 22 heavy (non-hydrogen) atoms. The Labute approximate surface area is 135 Å². The number of hydrogen-bond acceptors (Lipinski definition) is 3. The number of carbonyl (C=O) groups excluding carboxylic acids is 1. The van der Waals surface area contributed by atoms with Crippen LogP contribution in [0.4, 0.5) is 8.78 Å². The van der Waals surface area contributed by atoms with Gasteiger partial charge < -0.3 is 15.4 Å². The average molecular weight is 335 g/mol. The third-order valence-corrected chi connectivity index (χ3v) is 3.82. The molecule has 1 aliphatic heterocycles. The summed E-state index contributed by atoms with van der Waals surface area (Å²) in [5.41, 5.74) is 6.38. The Morgan fingerprint density at radius 2 is 2.00 bits per heavy atom. The molecule has 0 aromatic heterocycles. The van der Waals surface area contributed by atoms with Gasteiger partial charge in [0.1, 0.15) is 5.75 Å². The summed E-state index contributed by atoms with van der Waals surface area (Å²) >= 11 is 0. The number of carbonyl (C=O) groups is 1. The molecule has 2 rings (SSSR count). The van der Waals surface area contributed by atoms with Gasteiger partial charge in [0.15, 0.2) is 0 Å². The molecule has 1 aliphatic rings. The summed E-state index contributed by atoms with van der Waals surface area (Å²) in [5.74, 6) is 0.265. The lowest BCUT2D eigenvalue weighted by Crippen LogP contribution is -2.45. The van der Waals surface area contributed by atoms with Crippen molar-refractivity contribution < 1.29 is 18.3 Å². The molecule has 0 saturated carbocycles. The van der Waals surface area contributed by atoms with Crippen molar-refractivity contribution in [2.75, 3.05) is 13.1 Å². The van der Waals surface area contributed by atoms with Gasteiger partial charge in [-0.2, -0.15) is 8.78 Å². The number of nitrogens with two attached hydrogens (primary N) is 1. The van der Waals surface area contributed by atoms with E-state index in [9.17, 15) is 13.6 Å². The molecule has 1 aromatic carbocycles. The van der Waals surface area contributed by atoms with Crippen LogP contribution in [0, 0.1) is 5.92 Å². The smallest absolute Gasteiger partial charge is 0.387 e. The maximum absolute atomic E-state index is 12.4. The van der Waals surface area contributed by atoms with Crippen LogP contribution in [0.25, 0.3) is 0 Å². The second kappa shape index (κ2) is 8.29. The van der Waals surface area contributed by atoms with Crippen LogP contribution in [0.1, 0.15) is 30.1 Å². The zero-order valence-corrected chi connectivity index (χ0v) is 13.2. The van der Waals surface area contributed by atoms with Gasteiger partial charge in [-0.25, -0.2) is 0 Å². The van der Waals surface area contributed by atoms with E-state index in [-0.39, 0.29) is 30.1 Å². The lowest BCUT2D eigenvalue weighted by Gasteiger charge is -2.34. The number of amides is 1. The van der Waals surface area contributed by atoms with Crippen molar-refractivity contribution in [1.29, 1.82) is 0 Å².